The van der Waals surface area contributed by atoms with Gasteiger partial charge in [0, 0.05) is 0 Å². The van der Waals surface area contributed by atoms with Crippen molar-refractivity contribution in [3.63, 3.8) is 0 Å². The average molecular weight is 199 g/mol. The van der Waals surface area contributed by atoms with Crippen LogP contribution in [0, 0.1) is 17.2 Å². The predicted octanol–water partition coefficient (Wildman–Crippen LogP) is 0.0422. The molecule has 14 heavy (non-hydrogen) atoms. The van der Waals surface area contributed by atoms with E-state index in [9.17, 15) is 9.18 Å². The average Bonchev–Trinajstić information content (AvgIpc) is 2.12. The number of likely N-dealkylation sites (tertiary alicyclic amines) is 1. The Hall–Kier alpha value is -1.15. The van der Waals surface area contributed by atoms with Crippen LogP contribution in [0.2, 0.25) is 0 Å². The molecule has 0 spiro atoms. The van der Waals surface area contributed by atoms with Gasteiger partial charge in [0.15, 0.2) is 12.2 Å². The molecule has 2 N–H and O–H groups in total. The Morgan fingerprint density at radius 1 is 1.71 bits per heavy atom. The summed E-state index contributed by atoms with van der Waals surface area (Å²) in [5, 5.41) is 8.57. The highest BCUT2D eigenvalue weighted by molar-refractivity contribution is 5.83. The number of nitrogens with zero attached hydrogens (tertiary/aromatic N) is 2. The molecule has 4 nitrogen and oxygen atoms in total. The lowest BCUT2D eigenvalue weighted by Gasteiger charge is -2.41. The van der Waals surface area contributed by atoms with Crippen LogP contribution in [-0.2, 0) is 4.79 Å². The van der Waals surface area contributed by atoms with Crippen LogP contribution in [0.1, 0.15) is 13.8 Å². The lowest BCUT2D eigenvalue weighted by atomic mass is 9.97. The van der Waals surface area contributed by atoms with Crippen LogP contribution in [0.3, 0.4) is 0 Å². The van der Waals surface area contributed by atoms with Gasteiger partial charge in [-0.3, -0.25) is 4.79 Å². The fourth-order valence-electron chi connectivity index (χ4n) is 1.31. The van der Waals surface area contributed by atoms with Crippen LogP contribution in [0.5, 0.6) is 0 Å². The predicted molar refractivity (Wildman–Crippen MR) is 48.8 cm³/mol. The van der Waals surface area contributed by atoms with Crippen molar-refractivity contribution in [2.75, 3.05) is 6.54 Å². The van der Waals surface area contributed by atoms with Crippen LogP contribution in [-0.4, -0.2) is 35.6 Å². The zero-order chi connectivity index (χ0) is 10.9. The minimum Gasteiger partial charge on any atom is -0.320 e. The zero-order valence-electron chi connectivity index (χ0n) is 8.27. The van der Waals surface area contributed by atoms with E-state index in [0.29, 0.717) is 0 Å². The molecule has 3 unspecified atom stereocenters. The van der Waals surface area contributed by atoms with E-state index in [4.69, 9.17) is 11.0 Å². The Morgan fingerprint density at radius 2 is 2.29 bits per heavy atom. The molecule has 1 amide bonds. The number of nitrogens with two attached hydrogens (primary N) is 1. The molecule has 1 aliphatic rings. The van der Waals surface area contributed by atoms with Crippen molar-refractivity contribution in [1.82, 2.24) is 4.90 Å². The number of carbonyl (C=O) groups excluding carboxylic acids is 1. The molecule has 1 rings (SSSR count). The van der Waals surface area contributed by atoms with Gasteiger partial charge < -0.3 is 10.6 Å². The molecule has 78 valence electrons. The monoisotopic (exact) mass is 199 g/mol. The number of rotatable bonds is 2. The summed E-state index contributed by atoms with van der Waals surface area (Å²) in [7, 11) is 0. The second-order valence-electron chi connectivity index (χ2n) is 3.85. The summed E-state index contributed by atoms with van der Waals surface area (Å²) in [6.45, 7) is 3.63. The van der Waals surface area contributed by atoms with Crippen LogP contribution in [0.4, 0.5) is 4.39 Å². The molecule has 1 aliphatic heterocycles. The van der Waals surface area contributed by atoms with E-state index in [2.05, 4.69) is 0 Å². The number of alkyl halides is 1. The summed E-state index contributed by atoms with van der Waals surface area (Å²) in [6.07, 6.45) is -1.22. The minimum absolute atomic E-state index is 0.000467. The fraction of sp³-hybridized carbons (Fsp3) is 0.778. The van der Waals surface area contributed by atoms with Crippen molar-refractivity contribution >= 4 is 5.91 Å². The minimum atomic E-state index is -1.22. The molecule has 0 aromatic rings. The number of hydrogen-bond donors (Lipinski definition) is 1. The van der Waals surface area contributed by atoms with Gasteiger partial charge in [-0.05, 0) is 5.92 Å². The molecule has 0 aromatic carbocycles. The standard InChI is InChI=1S/C9H14FN3O/c1-5(2)8(12)9(14)13-4-6(10)7(13)3-11/h5-8H,4,12H2,1-2H3. The maximum Gasteiger partial charge on any atom is 0.241 e. The Labute approximate surface area is 82.5 Å². The second-order valence-corrected chi connectivity index (χ2v) is 3.85. The molecule has 0 radical (unpaired) electrons. The third-order valence-corrected chi connectivity index (χ3v) is 2.47. The number of carbonyl (C=O) groups is 1. The first-order chi connectivity index (χ1) is 6.49. The molecule has 1 saturated heterocycles. The van der Waals surface area contributed by atoms with Crippen molar-refractivity contribution in [3.05, 3.63) is 0 Å². The van der Waals surface area contributed by atoms with Crippen molar-refractivity contribution in [3.8, 4) is 6.07 Å². The smallest absolute Gasteiger partial charge is 0.241 e. The zero-order valence-corrected chi connectivity index (χ0v) is 8.27. The van der Waals surface area contributed by atoms with Crippen molar-refractivity contribution in [2.45, 2.75) is 32.1 Å². The molecule has 0 bridgehead atoms. The molecule has 5 heteroatoms. The Balaban J connectivity index is 2.60. The van der Waals surface area contributed by atoms with Gasteiger partial charge in [0.05, 0.1) is 18.7 Å². The maximum atomic E-state index is 12.8. The summed E-state index contributed by atoms with van der Waals surface area (Å²) in [5.74, 6) is -0.332. The van der Waals surface area contributed by atoms with E-state index in [1.54, 1.807) is 6.07 Å². The topological polar surface area (TPSA) is 70.1 Å². The normalized spacial score (nSPS) is 28.1. The summed E-state index contributed by atoms with van der Waals surface area (Å²) >= 11 is 0. The van der Waals surface area contributed by atoms with Gasteiger partial charge in [0.1, 0.15) is 0 Å². The number of nitriles is 1. The first-order valence-electron chi connectivity index (χ1n) is 4.58. The molecular weight excluding hydrogens is 185 g/mol. The van der Waals surface area contributed by atoms with Gasteiger partial charge in [0.2, 0.25) is 5.91 Å². The van der Waals surface area contributed by atoms with E-state index in [-0.39, 0.29) is 18.4 Å². The van der Waals surface area contributed by atoms with E-state index in [0.717, 1.165) is 0 Å². The molecular formula is C9H14FN3O. The molecule has 1 heterocycles. The summed E-state index contributed by atoms with van der Waals surface area (Å²) in [6, 6.07) is 0.172. The van der Waals surface area contributed by atoms with Crippen molar-refractivity contribution in [2.24, 2.45) is 11.7 Å². The van der Waals surface area contributed by atoms with Gasteiger partial charge in [-0.1, -0.05) is 13.8 Å². The molecule has 0 saturated carbocycles. The van der Waals surface area contributed by atoms with Crippen LogP contribution >= 0.6 is 0 Å². The lowest BCUT2D eigenvalue weighted by Crippen LogP contribution is -2.63. The molecule has 0 aliphatic carbocycles. The second kappa shape index (κ2) is 3.93. The van der Waals surface area contributed by atoms with Crippen LogP contribution < -0.4 is 5.73 Å². The van der Waals surface area contributed by atoms with Crippen LogP contribution in [0.25, 0.3) is 0 Å². The van der Waals surface area contributed by atoms with Gasteiger partial charge in [-0.2, -0.15) is 5.26 Å². The third kappa shape index (κ3) is 1.70. The van der Waals surface area contributed by atoms with Crippen molar-refractivity contribution < 1.29 is 9.18 Å². The van der Waals surface area contributed by atoms with E-state index in [1.807, 2.05) is 13.8 Å². The Morgan fingerprint density at radius 3 is 2.64 bits per heavy atom. The quantitative estimate of drug-likeness (QED) is 0.682. The van der Waals surface area contributed by atoms with E-state index in [1.165, 1.54) is 4.90 Å². The highest BCUT2D eigenvalue weighted by Gasteiger charge is 2.44. The Bertz CT molecular complexity index is 274. The van der Waals surface area contributed by atoms with Gasteiger partial charge in [-0.15, -0.1) is 0 Å². The van der Waals surface area contributed by atoms with Crippen LogP contribution in [0.15, 0.2) is 0 Å². The number of amides is 1. The molecule has 1 fully saturated rings. The van der Waals surface area contributed by atoms with Gasteiger partial charge in [-0.25, -0.2) is 4.39 Å². The maximum absolute atomic E-state index is 12.8. The fourth-order valence-corrected chi connectivity index (χ4v) is 1.31. The highest BCUT2D eigenvalue weighted by atomic mass is 19.1. The SMILES string of the molecule is CC(C)C(N)C(=O)N1CC(F)C1C#N. The van der Waals surface area contributed by atoms with E-state index < -0.39 is 18.3 Å². The first-order valence-corrected chi connectivity index (χ1v) is 4.58. The summed E-state index contributed by atoms with van der Waals surface area (Å²) in [5.41, 5.74) is 5.61. The highest BCUT2D eigenvalue weighted by Crippen LogP contribution is 2.22. The van der Waals surface area contributed by atoms with E-state index >= 15 is 0 Å². The lowest BCUT2D eigenvalue weighted by molar-refractivity contribution is -0.144. The molecule has 3 atom stereocenters. The largest absolute Gasteiger partial charge is 0.320 e. The summed E-state index contributed by atoms with van der Waals surface area (Å²) < 4.78 is 12.8. The first kappa shape index (κ1) is 10.9. The third-order valence-electron chi connectivity index (χ3n) is 2.47. The Kier molecular flexibility index (Phi) is 3.06. The number of hydrogen-bond acceptors (Lipinski definition) is 3. The summed E-state index contributed by atoms with van der Waals surface area (Å²) in [4.78, 5) is 12.8. The molecule has 0 aromatic heterocycles. The van der Waals surface area contributed by atoms with Crippen molar-refractivity contribution in [1.29, 1.82) is 5.26 Å². The van der Waals surface area contributed by atoms with Gasteiger partial charge in [0.25, 0.3) is 0 Å². The van der Waals surface area contributed by atoms with Gasteiger partial charge >= 0.3 is 0 Å². The number of halogens is 1.